The zero-order chi connectivity index (χ0) is 16.0. The maximum absolute atomic E-state index is 12.8. The van der Waals surface area contributed by atoms with Gasteiger partial charge in [0.2, 0.25) is 17.5 Å². The number of anilines is 2. The van der Waals surface area contributed by atoms with E-state index in [1.807, 2.05) is 6.92 Å². The van der Waals surface area contributed by atoms with Crippen molar-refractivity contribution in [1.29, 1.82) is 0 Å². The fourth-order valence-electron chi connectivity index (χ4n) is 1.55. The van der Waals surface area contributed by atoms with Crippen LogP contribution in [0.5, 0.6) is 0 Å². The number of aromatic nitrogens is 2. The first-order chi connectivity index (χ1) is 9.81. The van der Waals surface area contributed by atoms with Crippen molar-refractivity contribution in [2.45, 2.75) is 32.9 Å². The first-order valence-corrected chi connectivity index (χ1v) is 6.42. The maximum atomic E-state index is 12.8. The number of nitrogens with one attached hydrogen (secondary N) is 2. The third-order valence-corrected chi connectivity index (χ3v) is 2.49. The molecule has 1 heterocycles. The summed E-state index contributed by atoms with van der Waals surface area (Å²) in [5, 5.41) is 16.1. The van der Waals surface area contributed by atoms with Crippen LogP contribution in [0.25, 0.3) is 0 Å². The number of hydrogen-bond donors (Lipinski definition) is 2. The minimum absolute atomic E-state index is 0.198. The lowest BCUT2D eigenvalue weighted by molar-refractivity contribution is -0.383. The summed E-state index contributed by atoms with van der Waals surface area (Å²) in [5.41, 5.74) is -0.582. The third kappa shape index (κ3) is 4.43. The Morgan fingerprint density at radius 2 is 1.76 bits per heavy atom. The highest BCUT2D eigenvalue weighted by atomic mass is 19.4. The zero-order valence-electron chi connectivity index (χ0n) is 11.6. The van der Waals surface area contributed by atoms with Crippen molar-refractivity contribution in [2.24, 2.45) is 0 Å². The molecule has 1 rings (SSSR count). The third-order valence-electron chi connectivity index (χ3n) is 2.49. The lowest BCUT2D eigenvalue weighted by atomic mass is 10.3. The lowest BCUT2D eigenvalue weighted by Gasteiger charge is -2.12. The average molecular weight is 307 g/mol. The van der Waals surface area contributed by atoms with Gasteiger partial charge >= 0.3 is 11.9 Å². The Labute approximate surface area is 119 Å². The summed E-state index contributed by atoms with van der Waals surface area (Å²) < 4.78 is 38.3. The second-order valence-corrected chi connectivity index (χ2v) is 4.16. The summed E-state index contributed by atoms with van der Waals surface area (Å²) in [4.78, 5) is 16.7. The van der Waals surface area contributed by atoms with Gasteiger partial charge in [-0.05, 0) is 13.3 Å². The van der Waals surface area contributed by atoms with Crippen LogP contribution in [-0.2, 0) is 6.18 Å². The number of rotatable bonds is 7. The molecule has 0 aliphatic rings. The SMILES string of the molecule is CCCCNc1nc(C(F)(F)F)nc(NCC)c1[N+](=O)[O-]. The van der Waals surface area contributed by atoms with E-state index >= 15 is 0 Å². The molecule has 0 fully saturated rings. The van der Waals surface area contributed by atoms with E-state index < -0.39 is 34.2 Å². The number of unbranched alkanes of at least 4 members (excludes halogenated alkanes) is 1. The Hall–Kier alpha value is -2.13. The highest BCUT2D eigenvalue weighted by molar-refractivity contribution is 5.69. The second-order valence-electron chi connectivity index (χ2n) is 4.16. The fourth-order valence-corrected chi connectivity index (χ4v) is 1.55. The normalized spacial score (nSPS) is 11.3. The number of halogens is 3. The maximum Gasteiger partial charge on any atom is 0.451 e. The first-order valence-electron chi connectivity index (χ1n) is 6.42. The minimum Gasteiger partial charge on any atom is -0.364 e. The monoisotopic (exact) mass is 307 g/mol. The number of hydrogen-bond acceptors (Lipinski definition) is 6. The molecular formula is C11H16F3N5O2. The molecule has 0 aliphatic heterocycles. The van der Waals surface area contributed by atoms with Crippen LogP contribution >= 0.6 is 0 Å². The van der Waals surface area contributed by atoms with Crippen LogP contribution in [0.3, 0.4) is 0 Å². The molecule has 0 saturated carbocycles. The number of nitro groups is 1. The molecule has 0 spiro atoms. The van der Waals surface area contributed by atoms with E-state index in [-0.39, 0.29) is 13.1 Å². The summed E-state index contributed by atoms with van der Waals surface area (Å²) in [7, 11) is 0. The highest BCUT2D eigenvalue weighted by Crippen LogP contribution is 2.35. The van der Waals surface area contributed by atoms with Crippen LogP contribution in [0.4, 0.5) is 30.5 Å². The molecule has 1 aromatic heterocycles. The minimum atomic E-state index is -4.78. The van der Waals surface area contributed by atoms with E-state index in [0.717, 1.165) is 6.42 Å². The molecule has 0 saturated heterocycles. The molecule has 0 radical (unpaired) electrons. The van der Waals surface area contributed by atoms with E-state index in [1.165, 1.54) is 0 Å². The topological polar surface area (TPSA) is 93.0 Å². The van der Waals surface area contributed by atoms with Crippen molar-refractivity contribution in [3.63, 3.8) is 0 Å². The molecule has 21 heavy (non-hydrogen) atoms. The lowest BCUT2D eigenvalue weighted by Crippen LogP contribution is -2.18. The molecule has 1 aromatic rings. The van der Waals surface area contributed by atoms with Gasteiger partial charge in [-0.25, -0.2) is 9.97 Å². The summed E-state index contributed by atoms with van der Waals surface area (Å²) in [5.74, 6) is -2.28. The van der Waals surface area contributed by atoms with Gasteiger partial charge in [-0.1, -0.05) is 13.3 Å². The molecule has 0 bridgehead atoms. The average Bonchev–Trinajstić information content (AvgIpc) is 2.37. The van der Waals surface area contributed by atoms with Crippen LogP contribution in [0.2, 0.25) is 0 Å². The van der Waals surface area contributed by atoms with Gasteiger partial charge in [-0.2, -0.15) is 13.2 Å². The standard InChI is InChI=1S/C11H16F3N5O2/c1-3-5-6-16-9-7(19(20)21)8(15-4-2)17-10(18-9)11(12,13)14/h3-6H2,1-2H3,(H2,15,16,17,18). The predicted octanol–water partition coefficient (Wildman–Crippen LogP) is 3.05. The van der Waals surface area contributed by atoms with Crippen molar-refractivity contribution in [3.8, 4) is 0 Å². The van der Waals surface area contributed by atoms with Crippen molar-refractivity contribution in [2.75, 3.05) is 23.7 Å². The first kappa shape index (κ1) is 16.9. The van der Waals surface area contributed by atoms with Crippen molar-refractivity contribution < 1.29 is 18.1 Å². The van der Waals surface area contributed by atoms with E-state index in [9.17, 15) is 23.3 Å². The Balaban J connectivity index is 3.33. The quantitative estimate of drug-likeness (QED) is 0.457. The Morgan fingerprint density at radius 3 is 2.19 bits per heavy atom. The Morgan fingerprint density at radius 1 is 1.19 bits per heavy atom. The van der Waals surface area contributed by atoms with E-state index in [0.29, 0.717) is 6.42 Å². The van der Waals surface area contributed by atoms with Gasteiger partial charge < -0.3 is 10.6 Å². The Bertz CT molecular complexity index is 507. The number of alkyl halides is 3. The fraction of sp³-hybridized carbons (Fsp3) is 0.636. The predicted molar refractivity (Wildman–Crippen MR) is 71.2 cm³/mol. The largest absolute Gasteiger partial charge is 0.451 e. The van der Waals surface area contributed by atoms with Gasteiger partial charge in [0.05, 0.1) is 4.92 Å². The molecule has 0 amide bonds. The van der Waals surface area contributed by atoms with E-state index in [2.05, 4.69) is 20.6 Å². The molecule has 0 unspecified atom stereocenters. The van der Waals surface area contributed by atoms with Gasteiger partial charge in [0, 0.05) is 13.1 Å². The molecule has 0 atom stereocenters. The molecular weight excluding hydrogens is 291 g/mol. The molecule has 10 heteroatoms. The van der Waals surface area contributed by atoms with Gasteiger partial charge in [-0.15, -0.1) is 0 Å². The summed E-state index contributed by atoms with van der Waals surface area (Å²) in [6.45, 7) is 3.98. The molecule has 0 aromatic carbocycles. The van der Waals surface area contributed by atoms with E-state index in [1.54, 1.807) is 6.92 Å². The summed E-state index contributed by atoms with van der Waals surface area (Å²) in [6.07, 6.45) is -3.34. The van der Waals surface area contributed by atoms with Crippen LogP contribution in [-0.4, -0.2) is 28.0 Å². The van der Waals surface area contributed by atoms with Gasteiger partial charge in [0.15, 0.2) is 0 Å². The van der Waals surface area contributed by atoms with Crippen LogP contribution in [0.1, 0.15) is 32.5 Å². The molecule has 0 aliphatic carbocycles. The number of nitrogens with zero attached hydrogens (tertiary/aromatic N) is 3. The molecule has 118 valence electrons. The van der Waals surface area contributed by atoms with Crippen LogP contribution in [0, 0.1) is 10.1 Å². The Kier molecular flexibility index (Phi) is 5.68. The smallest absolute Gasteiger partial charge is 0.364 e. The van der Waals surface area contributed by atoms with Crippen molar-refractivity contribution >= 4 is 17.3 Å². The summed E-state index contributed by atoms with van der Waals surface area (Å²) >= 11 is 0. The van der Waals surface area contributed by atoms with E-state index in [4.69, 9.17) is 0 Å². The van der Waals surface area contributed by atoms with Gasteiger partial charge in [-0.3, -0.25) is 10.1 Å². The van der Waals surface area contributed by atoms with Crippen molar-refractivity contribution in [3.05, 3.63) is 15.9 Å². The van der Waals surface area contributed by atoms with Crippen LogP contribution < -0.4 is 10.6 Å². The molecule has 7 nitrogen and oxygen atoms in total. The van der Waals surface area contributed by atoms with Gasteiger partial charge in [0.25, 0.3) is 0 Å². The summed E-state index contributed by atoms with van der Waals surface area (Å²) in [6, 6.07) is 0. The van der Waals surface area contributed by atoms with Crippen LogP contribution in [0.15, 0.2) is 0 Å². The van der Waals surface area contributed by atoms with Gasteiger partial charge in [0.1, 0.15) is 0 Å². The second kappa shape index (κ2) is 7.04. The zero-order valence-corrected chi connectivity index (χ0v) is 11.6. The highest BCUT2D eigenvalue weighted by Gasteiger charge is 2.38. The van der Waals surface area contributed by atoms with Crippen molar-refractivity contribution in [1.82, 2.24) is 9.97 Å². The molecule has 2 N–H and O–H groups in total.